The van der Waals surface area contributed by atoms with Crippen LogP contribution in [0.4, 0.5) is 0 Å². The van der Waals surface area contributed by atoms with E-state index in [0.29, 0.717) is 0 Å². The maximum Gasteiger partial charge on any atom is 0.221 e. The van der Waals surface area contributed by atoms with Crippen molar-refractivity contribution in [3.05, 3.63) is 0 Å². The first kappa shape index (κ1) is 18.9. The summed E-state index contributed by atoms with van der Waals surface area (Å²) < 4.78 is 10.7. The van der Waals surface area contributed by atoms with E-state index in [9.17, 15) is 35.7 Å². The minimum absolute atomic E-state index is 0.0758. The van der Waals surface area contributed by atoms with Crippen LogP contribution in [0.1, 0.15) is 6.42 Å². The van der Waals surface area contributed by atoms with E-state index in [-0.39, 0.29) is 6.42 Å². The highest BCUT2D eigenvalue weighted by atomic mass is 16.7. The van der Waals surface area contributed by atoms with Gasteiger partial charge in [-0.15, -0.1) is 0 Å². The molecule has 0 radical (unpaired) electrons. The van der Waals surface area contributed by atoms with Crippen LogP contribution in [0.3, 0.4) is 0 Å². The smallest absolute Gasteiger partial charge is 0.221 e. The number of hydrogen-bond donors (Lipinski definition) is 8. The third-order valence-electron chi connectivity index (χ3n) is 4.59. The average molecular weight is 340 g/mol. The Hall–Kier alpha value is -0.400. The van der Waals surface area contributed by atoms with Crippen molar-refractivity contribution in [2.45, 2.75) is 54.9 Å². The molecule has 1 saturated carbocycles. The molecule has 8 N–H and O–H groups in total. The van der Waals surface area contributed by atoms with Crippen molar-refractivity contribution in [3.8, 4) is 0 Å². The Labute approximate surface area is 132 Å². The lowest BCUT2D eigenvalue weighted by Gasteiger charge is -2.43. The minimum Gasteiger partial charge on any atom is -0.396 e. The van der Waals surface area contributed by atoms with E-state index >= 15 is 0 Å². The molecule has 0 spiro atoms. The maximum atomic E-state index is 10.1. The molecular weight excluding hydrogens is 316 g/mol. The fourth-order valence-corrected chi connectivity index (χ4v) is 3.10. The van der Waals surface area contributed by atoms with E-state index in [1.807, 2.05) is 0 Å². The van der Waals surface area contributed by atoms with E-state index in [1.54, 1.807) is 0 Å². The van der Waals surface area contributed by atoms with Crippen molar-refractivity contribution in [2.24, 2.45) is 5.92 Å². The monoisotopic (exact) mass is 340 g/mol. The third kappa shape index (κ3) is 3.24. The summed E-state index contributed by atoms with van der Waals surface area (Å²) in [5.41, 5.74) is 0. The first-order valence-electron chi connectivity index (χ1n) is 7.39. The predicted molar refractivity (Wildman–Crippen MR) is 71.9 cm³/mol. The Balaban J connectivity index is 2.18. The fourth-order valence-electron chi connectivity index (χ4n) is 3.10. The van der Waals surface area contributed by atoms with Gasteiger partial charge in [-0.2, -0.15) is 0 Å². The number of hydrogen-bond acceptors (Lipinski definition) is 10. The highest BCUT2D eigenvalue weighted by Crippen LogP contribution is 2.37. The summed E-state index contributed by atoms with van der Waals surface area (Å²) in [7, 11) is 0. The van der Waals surface area contributed by atoms with Crippen LogP contribution in [-0.2, 0) is 9.47 Å². The molecule has 2 rings (SSSR count). The summed E-state index contributed by atoms with van der Waals surface area (Å²) in [6.07, 6.45) is -10.2. The second-order valence-corrected chi connectivity index (χ2v) is 6.05. The number of aliphatic hydroxyl groups excluding tert-OH is 8. The summed E-state index contributed by atoms with van der Waals surface area (Å²) in [6, 6.07) is 0. The molecule has 10 nitrogen and oxygen atoms in total. The molecule has 1 heterocycles. The standard InChI is InChI=1S/C13H24O10/c14-2-5-1-6(9(18)11(20)8(5)17)22-13(4-16)12(21)10(19)7(3-15)23-13/h5-12,14-21H,1-4H2/t5?,6-,7+,8+,9+,10-,11?,12?,13+/m0/s1. The summed E-state index contributed by atoms with van der Waals surface area (Å²) in [5.74, 6) is -2.88. The lowest BCUT2D eigenvalue weighted by Crippen LogP contribution is -2.59. The normalized spacial score (nSPS) is 51.1. The van der Waals surface area contributed by atoms with Gasteiger partial charge in [0.25, 0.3) is 0 Å². The van der Waals surface area contributed by atoms with Crippen molar-refractivity contribution in [1.29, 1.82) is 0 Å². The van der Waals surface area contributed by atoms with Gasteiger partial charge in [-0.1, -0.05) is 0 Å². The SMILES string of the molecule is OCC1C[C@H](O[C@]2(CO)O[C@H](CO)[C@H](O)C2O)[C@@H](O)C(O)[C@@H]1O. The lowest BCUT2D eigenvalue weighted by atomic mass is 9.81. The molecule has 0 amide bonds. The van der Waals surface area contributed by atoms with Gasteiger partial charge >= 0.3 is 0 Å². The van der Waals surface area contributed by atoms with Gasteiger partial charge in [0.2, 0.25) is 5.79 Å². The second-order valence-electron chi connectivity index (χ2n) is 6.05. The molecule has 23 heavy (non-hydrogen) atoms. The Kier molecular flexibility index (Phi) is 5.95. The zero-order chi connectivity index (χ0) is 17.4. The zero-order valence-corrected chi connectivity index (χ0v) is 12.3. The molecule has 1 aliphatic carbocycles. The molecule has 0 aromatic heterocycles. The first-order chi connectivity index (χ1) is 10.8. The number of rotatable bonds is 5. The highest BCUT2D eigenvalue weighted by Gasteiger charge is 2.57. The molecule has 10 heteroatoms. The molecule has 0 aromatic rings. The Bertz CT molecular complexity index is 393. The summed E-state index contributed by atoms with van der Waals surface area (Å²) in [6.45, 7) is -1.98. The van der Waals surface area contributed by atoms with Crippen molar-refractivity contribution >= 4 is 0 Å². The van der Waals surface area contributed by atoms with Crippen LogP contribution < -0.4 is 0 Å². The van der Waals surface area contributed by atoms with Crippen molar-refractivity contribution < 1.29 is 50.3 Å². The summed E-state index contributed by atoms with van der Waals surface area (Å²) in [5, 5.41) is 77.3. The fraction of sp³-hybridized carbons (Fsp3) is 1.00. The van der Waals surface area contributed by atoms with Crippen molar-refractivity contribution in [2.75, 3.05) is 19.8 Å². The number of aliphatic hydroxyl groups is 8. The van der Waals surface area contributed by atoms with Crippen molar-refractivity contribution in [1.82, 2.24) is 0 Å². The van der Waals surface area contributed by atoms with Crippen LogP contribution in [0.25, 0.3) is 0 Å². The van der Waals surface area contributed by atoms with Crippen LogP contribution in [0, 0.1) is 5.92 Å². The topological polar surface area (TPSA) is 180 Å². The lowest BCUT2D eigenvalue weighted by molar-refractivity contribution is -0.319. The average Bonchev–Trinajstić information content (AvgIpc) is 2.80. The van der Waals surface area contributed by atoms with Gasteiger partial charge in [0.05, 0.1) is 18.8 Å². The second kappa shape index (κ2) is 7.23. The van der Waals surface area contributed by atoms with Gasteiger partial charge in [-0.05, 0) is 6.42 Å². The predicted octanol–water partition coefficient (Wildman–Crippen LogP) is -4.73. The quantitative estimate of drug-likeness (QED) is 0.242. The molecule has 2 aliphatic rings. The first-order valence-corrected chi connectivity index (χ1v) is 7.39. The van der Waals surface area contributed by atoms with E-state index in [0.717, 1.165) is 0 Å². The molecule has 1 aliphatic heterocycles. The Morgan fingerprint density at radius 3 is 2.00 bits per heavy atom. The van der Waals surface area contributed by atoms with Crippen LogP contribution >= 0.6 is 0 Å². The zero-order valence-electron chi connectivity index (χ0n) is 12.3. The van der Waals surface area contributed by atoms with Crippen LogP contribution in [0.5, 0.6) is 0 Å². The number of ether oxygens (including phenoxy) is 2. The van der Waals surface area contributed by atoms with Crippen LogP contribution in [0.15, 0.2) is 0 Å². The van der Waals surface area contributed by atoms with E-state index < -0.39 is 74.3 Å². The summed E-state index contributed by atoms with van der Waals surface area (Å²) in [4.78, 5) is 0. The minimum atomic E-state index is -2.10. The molecule has 1 saturated heterocycles. The summed E-state index contributed by atoms with van der Waals surface area (Å²) >= 11 is 0. The molecule has 0 aromatic carbocycles. The van der Waals surface area contributed by atoms with Gasteiger partial charge in [0, 0.05) is 12.5 Å². The van der Waals surface area contributed by atoms with Crippen LogP contribution in [-0.4, -0.2) is 109 Å². The van der Waals surface area contributed by atoms with Gasteiger partial charge in [0.15, 0.2) is 0 Å². The van der Waals surface area contributed by atoms with Gasteiger partial charge < -0.3 is 50.3 Å². The molecule has 9 atom stereocenters. The molecule has 2 fully saturated rings. The highest BCUT2D eigenvalue weighted by molar-refractivity contribution is 5.00. The maximum absolute atomic E-state index is 10.1. The molecular formula is C13H24O10. The molecule has 0 bridgehead atoms. The van der Waals surface area contributed by atoms with Crippen LogP contribution in [0.2, 0.25) is 0 Å². The van der Waals surface area contributed by atoms with Gasteiger partial charge in [0.1, 0.15) is 37.1 Å². The van der Waals surface area contributed by atoms with Crippen molar-refractivity contribution in [3.63, 3.8) is 0 Å². The van der Waals surface area contributed by atoms with Gasteiger partial charge in [-0.25, -0.2) is 0 Å². The van der Waals surface area contributed by atoms with Gasteiger partial charge in [-0.3, -0.25) is 0 Å². The third-order valence-corrected chi connectivity index (χ3v) is 4.59. The van der Waals surface area contributed by atoms with E-state index in [2.05, 4.69) is 0 Å². The largest absolute Gasteiger partial charge is 0.396 e. The Morgan fingerprint density at radius 2 is 1.52 bits per heavy atom. The molecule has 136 valence electrons. The molecule has 3 unspecified atom stereocenters. The Morgan fingerprint density at radius 1 is 0.870 bits per heavy atom. The van der Waals surface area contributed by atoms with E-state index in [1.165, 1.54) is 0 Å². The van der Waals surface area contributed by atoms with E-state index in [4.69, 9.17) is 14.6 Å².